The molecule has 0 radical (unpaired) electrons. The van der Waals surface area contributed by atoms with Crippen LogP contribution in [0.5, 0.6) is 0 Å². The highest BCUT2D eigenvalue weighted by atomic mass is 31.2. The average molecular weight is 420 g/mol. The summed E-state index contributed by atoms with van der Waals surface area (Å²) in [5.41, 5.74) is 11.2. The van der Waals surface area contributed by atoms with Gasteiger partial charge in [0.2, 0.25) is 5.95 Å². The van der Waals surface area contributed by atoms with E-state index in [9.17, 15) is 14.5 Å². The molecule has 1 fully saturated rings. The van der Waals surface area contributed by atoms with Gasteiger partial charge in [-0.15, -0.1) is 0 Å². The molecular formula is C11H14FN8O7P. The molecule has 1 aliphatic heterocycles. The van der Waals surface area contributed by atoms with E-state index in [1.807, 2.05) is 0 Å². The Morgan fingerprint density at radius 1 is 1.64 bits per heavy atom. The van der Waals surface area contributed by atoms with Gasteiger partial charge in [0.15, 0.2) is 17.4 Å². The van der Waals surface area contributed by atoms with Crippen molar-refractivity contribution in [3.63, 3.8) is 0 Å². The molecular weight excluding hydrogens is 406 g/mol. The highest BCUT2D eigenvalue weighted by Gasteiger charge is 2.64. The molecule has 0 saturated carbocycles. The highest BCUT2D eigenvalue weighted by molar-refractivity contribution is 7.46. The molecule has 2 aromatic rings. The monoisotopic (exact) mass is 420 g/mol. The van der Waals surface area contributed by atoms with Crippen molar-refractivity contribution in [2.45, 2.75) is 30.6 Å². The molecule has 2 aromatic heterocycles. The van der Waals surface area contributed by atoms with E-state index in [2.05, 4.69) is 29.5 Å². The van der Waals surface area contributed by atoms with Crippen LogP contribution in [-0.2, 0) is 13.8 Å². The number of nitrogens with zero attached hydrogens (tertiary/aromatic N) is 6. The number of aromatic nitrogens is 4. The lowest BCUT2D eigenvalue weighted by Crippen LogP contribution is -2.47. The molecule has 0 spiro atoms. The molecule has 1 aliphatic rings. The van der Waals surface area contributed by atoms with Crippen LogP contribution in [0.4, 0.5) is 10.3 Å². The Balaban J connectivity index is 2.13. The van der Waals surface area contributed by atoms with Crippen LogP contribution in [0.2, 0.25) is 0 Å². The summed E-state index contributed by atoms with van der Waals surface area (Å²) in [5, 5.41) is 13.8. The first kappa shape index (κ1) is 20.2. The predicted octanol–water partition coefficient (Wildman–Crippen LogP) is -0.564. The number of phosphoric acid groups is 1. The number of aliphatic hydroxyl groups excluding tert-OH is 1. The maximum Gasteiger partial charge on any atom is 0.469 e. The number of phosphoric ester groups is 1. The molecule has 4 atom stereocenters. The van der Waals surface area contributed by atoms with Gasteiger partial charge >= 0.3 is 7.82 Å². The predicted molar refractivity (Wildman–Crippen MR) is 88.1 cm³/mol. The number of imidazole rings is 1. The molecule has 0 amide bonds. The van der Waals surface area contributed by atoms with E-state index in [0.717, 1.165) is 17.8 Å². The minimum Gasteiger partial charge on any atom is -0.386 e. The summed E-state index contributed by atoms with van der Waals surface area (Å²) in [7, 11) is -5.10. The number of aliphatic hydroxyl groups is 1. The van der Waals surface area contributed by atoms with Crippen LogP contribution in [0.1, 0.15) is 13.2 Å². The summed E-state index contributed by atoms with van der Waals surface area (Å²) < 4.78 is 36.3. The number of nitrogens with one attached hydrogen (secondary N) is 1. The van der Waals surface area contributed by atoms with E-state index in [1.165, 1.54) is 0 Å². The Bertz CT molecular complexity index is 1080. The Labute approximate surface area is 153 Å². The topological polar surface area (TPSA) is 235 Å². The van der Waals surface area contributed by atoms with Crippen LogP contribution in [0.25, 0.3) is 21.6 Å². The number of hydrogen-bond donors (Lipinski definition) is 5. The molecule has 152 valence electrons. The Morgan fingerprint density at radius 2 is 2.32 bits per heavy atom. The molecule has 15 nitrogen and oxygen atoms in total. The van der Waals surface area contributed by atoms with Gasteiger partial charge in [0.25, 0.3) is 11.4 Å². The first-order valence-corrected chi connectivity index (χ1v) is 8.98. The third kappa shape index (κ3) is 3.22. The lowest BCUT2D eigenvalue weighted by molar-refractivity contribution is -0.204. The van der Waals surface area contributed by atoms with Crippen molar-refractivity contribution in [3.8, 4) is 0 Å². The molecule has 0 aliphatic carbocycles. The first-order valence-electron chi connectivity index (χ1n) is 7.45. The minimum atomic E-state index is -5.10. The zero-order valence-electron chi connectivity index (χ0n) is 14.0. The van der Waals surface area contributed by atoms with E-state index < -0.39 is 43.7 Å². The molecule has 28 heavy (non-hydrogen) atoms. The normalized spacial score (nSPS) is 30.5. The maximum atomic E-state index is 15.2. The van der Waals surface area contributed by atoms with Gasteiger partial charge in [-0.3, -0.25) is 18.9 Å². The number of halogens is 1. The molecule has 17 heteroatoms. The first-order chi connectivity index (χ1) is 12.9. The van der Waals surface area contributed by atoms with E-state index in [1.54, 1.807) is 0 Å². The fraction of sp³-hybridized carbons (Fsp3) is 0.545. The molecule has 0 unspecified atom stereocenters. The second-order valence-electron chi connectivity index (χ2n) is 6.11. The van der Waals surface area contributed by atoms with Crippen LogP contribution in [0.15, 0.2) is 16.2 Å². The lowest BCUT2D eigenvalue weighted by Gasteiger charge is -2.28. The number of azide groups is 1. The number of H-pyrrole nitrogens is 1. The van der Waals surface area contributed by atoms with E-state index in [-0.39, 0.29) is 17.1 Å². The van der Waals surface area contributed by atoms with Gasteiger partial charge in [-0.2, -0.15) is 4.98 Å². The lowest BCUT2D eigenvalue weighted by atomic mass is 9.92. The third-order valence-electron chi connectivity index (χ3n) is 4.16. The van der Waals surface area contributed by atoms with Crippen LogP contribution < -0.4 is 11.3 Å². The summed E-state index contributed by atoms with van der Waals surface area (Å²) in [6.45, 7) is -0.252. The second kappa shape index (κ2) is 6.49. The number of aromatic amines is 1. The van der Waals surface area contributed by atoms with E-state index >= 15 is 4.39 Å². The maximum absolute atomic E-state index is 15.2. The quantitative estimate of drug-likeness (QED) is 0.179. The molecule has 0 aromatic carbocycles. The van der Waals surface area contributed by atoms with Crippen molar-refractivity contribution in [2.24, 2.45) is 5.11 Å². The Kier molecular flexibility index (Phi) is 4.68. The molecule has 3 rings (SSSR count). The standard InChI is InChI=1S/C11H14FN8O7P/c1-10(18-19-14)7(22)11(12,2-26-28(23,24)25)27-8(10)20-3-15-4-5(20)16-9(13)17-6(4)21/h3,7-8,22H,2H2,1H3,(H2,23,24,25)(H3,13,16,17,21)/t7-,8+,10+,11+/m0/s1. The summed E-state index contributed by atoms with van der Waals surface area (Å²) in [6, 6.07) is 0. The van der Waals surface area contributed by atoms with Crippen LogP contribution in [-0.4, -0.2) is 58.5 Å². The highest BCUT2D eigenvalue weighted by Crippen LogP contribution is 2.50. The summed E-state index contributed by atoms with van der Waals surface area (Å²) in [4.78, 5) is 42.0. The average Bonchev–Trinajstić information content (AvgIpc) is 3.07. The molecule has 0 bridgehead atoms. The van der Waals surface area contributed by atoms with Crippen molar-refractivity contribution in [1.29, 1.82) is 0 Å². The minimum absolute atomic E-state index is 0.169. The number of nitrogens with two attached hydrogens (primary N) is 1. The van der Waals surface area contributed by atoms with Crippen molar-refractivity contribution < 1.29 is 33.1 Å². The number of rotatable bonds is 5. The molecule has 3 heterocycles. The zero-order chi connectivity index (χ0) is 20.9. The number of alkyl halides is 1. The van der Waals surface area contributed by atoms with Crippen molar-refractivity contribution in [1.82, 2.24) is 19.5 Å². The van der Waals surface area contributed by atoms with Gasteiger partial charge in [-0.1, -0.05) is 5.11 Å². The number of hydrogen-bond acceptors (Lipinski definition) is 9. The molecule has 6 N–H and O–H groups in total. The van der Waals surface area contributed by atoms with Crippen molar-refractivity contribution >= 4 is 24.9 Å². The largest absolute Gasteiger partial charge is 0.469 e. The summed E-state index contributed by atoms with van der Waals surface area (Å²) in [5.74, 6) is -3.47. The summed E-state index contributed by atoms with van der Waals surface area (Å²) in [6.07, 6.45) is -2.82. The van der Waals surface area contributed by atoms with E-state index in [4.69, 9.17) is 25.8 Å². The smallest absolute Gasteiger partial charge is 0.386 e. The van der Waals surface area contributed by atoms with Gasteiger partial charge < -0.3 is 25.4 Å². The third-order valence-corrected chi connectivity index (χ3v) is 4.63. The SMILES string of the molecule is C[C@]1(N=[N+]=[N-])[C@H](n2cnc3c(=O)[nH]c(N)nc32)O[C@](F)(COP(=O)(O)O)[C@H]1O. The fourth-order valence-corrected chi connectivity index (χ4v) is 3.22. The number of anilines is 1. The van der Waals surface area contributed by atoms with Gasteiger partial charge in [0.05, 0.1) is 6.33 Å². The molecule has 1 saturated heterocycles. The van der Waals surface area contributed by atoms with Gasteiger partial charge in [0.1, 0.15) is 18.2 Å². The van der Waals surface area contributed by atoms with Gasteiger partial charge in [-0.05, 0) is 12.5 Å². The summed E-state index contributed by atoms with van der Waals surface area (Å²) >= 11 is 0. The zero-order valence-corrected chi connectivity index (χ0v) is 14.9. The van der Waals surface area contributed by atoms with Crippen LogP contribution >= 0.6 is 7.82 Å². The Hall–Kier alpha value is -2.58. The van der Waals surface area contributed by atoms with Crippen molar-refractivity contribution in [3.05, 3.63) is 27.1 Å². The Morgan fingerprint density at radius 3 is 2.93 bits per heavy atom. The fourth-order valence-electron chi connectivity index (χ4n) is 2.88. The van der Waals surface area contributed by atoms with Crippen molar-refractivity contribution in [2.75, 3.05) is 12.3 Å². The number of fused-ring (bicyclic) bond motifs is 1. The van der Waals surface area contributed by atoms with Gasteiger partial charge in [-0.25, -0.2) is 13.9 Å². The number of nitrogen functional groups attached to an aromatic ring is 1. The van der Waals surface area contributed by atoms with Gasteiger partial charge in [0, 0.05) is 4.91 Å². The number of ether oxygens (including phenoxy) is 1. The van der Waals surface area contributed by atoms with Crippen LogP contribution in [0.3, 0.4) is 0 Å². The van der Waals surface area contributed by atoms with E-state index in [0.29, 0.717) is 0 Å². The second-order valence-corrected chi connectivity index (χ2v) is 7.35. The van der Waals surface area contributed by atoms with Crippen LogP contribution in [0, 0.1) is 0 Å².